The Labute approximate surface area is 123 Å². The fourth-order valence-corrected chi connectivity index (χ4v) is 2.81. The molecule has 1 aliphatic carbocycles. The minimum absolute atomic E-state index is 0.0107. The minimum Gasteiger partial charge on any atom is -0.498 e. The average Bonchev–Trinajstić information content (AvgIpc) is 2.38. The zero-order chi connectivity index (χ0) is 14.5. The molecule has 0 amide bonds. The number of hydrogen-bond acceptors (Lipinski definition) is 3. The Morgan fingerprint density at radius 1 is 1.45 bits per heavy atom. The van der Waals surface area contributed by atoms with E-state index in [1.165, 1.54) is 20.1 Å². The van der Waals surface area contributed by atoms with Crippen LogP contribution in [-0.4, -0.2) is 12.8 Å². The van der Waals surface area contributed by atoms with Gasteiger partial charge >= 0.3 is 0 Å². The Morgan fingerprint density at radius 3 is 2.90 bits per heavy atom. The molecule has 0 N–H and O–H groups in total. The van der Waals surface area contributed by atoms with Crippen LogP contribution in [0.3, 0.4) is 0 Å². The SMILES string of the molecule is COC1=Cc2c(oc3ccc(Br)cc3c2=O)CC1(C)F. The van der Waals surface area contributed by atoms with Gasteiger partial charge in [0.15, 0.2) is 11.1 Å². The van der Waals surface area contributed by atoms with E-state index in [0.29, 0.717) is 22.3 Å². The number of ether oxygens (including phenoxy) is 1. The van der Waals surface area contributed by atoms with Crippen LogP contribution in [-0.2, 0) is 11.2 Å². The Bertz CT molecular complexity index is 790. The number of benzene rings is 1. The Hall–Kier alpha value is -1.62. The molecule has 104 valence electrons. The third-order valence-corrected chi connectivity index (χ3v) is 3.96. The van der Waals surface area contributed by atoms with Gasteiger partial charge in [0.2, 0.25) is 0 Å². The number of allylic oxidation sites excluding steroid dienone is 1. The van der Waals surface area contributed by atoms with Gasteiger partial charge in [-0.15, -0.1) is 0 Å². The number of methoxy groups -OCH3 is 1. The van der Waals surface area contributed by atoms with Crippen LogP contribution in [0.2, 0.25) is 0 Å². The second-order valence-corrected chi connectivity index (χ2v) is 5.91. The summed E-state index contributed by atoms with van der Waals surface area (Å²) in [6, 6.07) is 5.18. The lowest BCUT2D eigenvalue weighted by Gasteiger charge is -2.26. The van der Waals surface area contributed by atoms with E-state index in [9.17, 15) is 9.18 Å². The largest absolute Gasteiger partial charge is 0.498 e. The van der Waals surface area contributed by atoms with E-state index in [-0.39, 0.29) is 17.6 Å². The van der Waals surface area contributed by atoms with Gasteiger partial charge in [-0.05, 0) is 31.2 Å². The molecule has 1 unspecified atom stereocenters. The molecule has 0 fully saturated rings. The predicted molar refractivity (Wildman–Crippen MR) is 78.4 cm³/mol. The quantitative estimate of drug-likeness (QED) is 0.793. The van der Waals surface area contributed by atoms with Crippen molar-refractivity contribution in [1.82, 2.24) is 0 Å². The van der Waals surface area contributed by atoms with Gasteiger partial charge in [0.05, 0.1) is 18.1 Å². The third-order valence-electron chi connectivity index (χ3n) is 3.47. The number of halogens is 2. The van der Waals surface area contributed by atoms with E-state index in [2.05, 4.69) is 15.9 Å². The zero-order valence-corrected chi connectivity index (χ0v) is 12.6. The summed E-state index contributed by atoms with van der Waals surface area (Å²) in [5.41, 5.74) is -1.02. The van der Waals surface area contributed by atoms with Gasteiger partial charge in [-0.1, -0.05) is 15.9 Å². The first-order chi connectivity index (χ1) is 9.42. The first-order valence-electron chi connectivity index (χ1n) is 6.13. The summed E-state index contributed by atoms with van der Waals surface area (Å²) in [6.45, 7) is 1.41. The first-order valence-corrected chi connectivity index (χ1v) is 6.92. The van der Waals surface area contributed by atoms with Crippen molar-refractivity contribution in [2.45, 2.75) is 19.0 Å². The lowest BCUT2D eigenvalue weighted by molar-refractivity contribution is 0.122. The van der Waals surface area contributed by atoms with Gasteiger partial charge in [0.1, 0.15) is 17.1 Å². The molecule has 0 bridgehead atoms. The molecule has 1 aromatic carbocycles. The Balaban J connectivity index is 2.35. The maximum Gasteiger partial charge on any atom is 0.200 e. The van der Waals surface area contributed by atoms with Crippen molar-refractivity contribution in [3.05, 3.63) is 50.0 Å². The maximum atomic E-state index is 14.4. The summed E-state index contributed by atoms with van der Waals surface area (Å²) < 4.78 is 26.0. The number of alkyl halides is 1. The first kappa shape index (κ1) is 13.4. The standard InChI is InChI=1S/C15H12BrFO3/c1-15(17)7-12-10(6-13(15)19-2)14(18)9-5-8(16)3-4-11(9)20-12/h3-6H,7H2,1-2H3. The summed E-state index contributed by atoms with van der Waals surface area (Å²) in [5, 5.41) is 0.465. The minimum atomic E-state index is -1.67. The van der Waals surface area contributed by atoms with Crippen molar-refractivity contribution in [3.8, 4) is 0 Å². The molecule has 0 saturated heterocycles. The number of hydrogen-bond donors (Lipinski definition) is 0. The van der Waals surface area contributed by atoms with Crippen molar-refractivity contribution in [2.24, 2.45) is 0 Å². The highest BCUT2D eigenvalue weighted by Gasteiger charge is 2.37. The molecule has 0 spiro atoms. The van der Waals surface area contributed by atoms with Crippen molar-refractivity contribution < 1.29 is 13.5 Å². The van der Waals surface area contributed by atoms with Gasteiger partial charge in [-0.2, -0.15) is 0 Å². The molecule has 5 heteroatoms. The summed E-state index contributed by atoms with van der Waals surface area (Å²) in [7, 11) is 1.40. The molecule has 1 heterocycles. The van der Waals surface area contributed by atoms with E-state index < -0.39 is 5.67 Å². The van der Waals surface area contributed by atoms with E-state index in [1.807, 2.05) is 0 Å². The fraction of sp³-hybridized carbons (Fsp3) is 0.267. The maximum absolute atomic E-state index is 14.4. The second kappa shape index (κ2) is 4.45. The fourth-order valence-electron chi connectivity index (χ4n) is 2.45. The number of rotatable bonds is 1. The average molecular weight is 339 g/mol. The number of fused-ring (bicyclic) bond motifs is 2. The molecule has 0 saturated carbocycles. The highest BCUT2D eigenvalue weighted by atomic mass is 79.9. The predicted octanol–water partition coefficient (Wildman–Crippen LogP) is 3.83. The molecular formula is C15H12BrFO3. The monoisotopic (exact) mass is 338 g/mol. The van der Waals surface area contributed by atoms with Crippen LogP contribution >= 0.6 is 15.9 Å². The smallest absolute Gasteiger partial charge is 0.200 e. The van der Waals surface area contributed by atoms with Crippen LogP contribution in [0.15, 0.2) is 37.6 Å². The van der Waals surface area contributed by atoms with Crippen LogP contribution in [0.1, 0.15) is 18.2 Å². The molecule has 0 radical (unpaired) electrons. The van der Waals surface area contributed by atoms with Crippen molar-refractivity contribution in [1.29, 1.82) is 0 Å². The molecule has 20 heavy (non-hydrogen) atoms. The third kappa shape index (κ3) is 1.97. The lowest BCUT2D eigenvalue weighted by Crippen LogP contribution is -2.30. The Kier molecular flexibility index (Phi) is 2.97. The van der Waals surface area contributed by atoms with Gasteiger partial charge < -0.3 is 9.15 Å². The summed E-state index contributed by atoms with van der Waals surface area (Å²) in [6.07, 6.45) is 1.42. The van der Waals surface area contributed by atoms with Crippen molar-refractivity contribution >= 4 is 33.0 Å². The topological polar surface area (TPSA) is 39.4 Å². The van der Waals surface area contributed by atoms with Gasteiger partial charge in [-0.3, -0.25) is 4.79 Å². The van der Waals surface area contributed by atoms with E-state index in [0.717, 1.165) is 4.47 Å². The van der Waals surface area contributed by atoms with Crippen LogP contribution in [0, 0.1) is 0 Å². The van der Waals surface area contributed by atoms with Gasteiger partial charge in [0.25, 0.3) is 0 Å². The molecular weight excluding hydrogens is 327 g/mol. The van der Waals surface area contributed by atoms with Gasteiger partial charge in [0, 0.05) is 10.9 Å². The second-order valence-electron chi connectivity index (χ2n) is 5.00. The van der Waals surface area contributed by atoms with E-state index in [4.69, 9.17) is 9.15 Å². The van der Waals surface area contributed by atoms with E-state index >= 15 is 0 Å². The molecule has 3 rings (SSSR count). The highest BCUT2D eigenvalue weighted by Crippen LogP contribution is 2.35. The van der Waals surface area contributed by atoms with Crippen LogP contribution < -0.4 is 5.43 Å². The summed E-state index contributed by atoms with van der Waals surface area (Å²) >= 11 is 3.33. The van der Waals surface area contributed by atoms with Crippen LogP contribution in [0.5, 0.6) is 0 Å². The normalized spacial score (nSPS) is 21.5. The molecule has 1 aromatic heterocycles. The van der Waals surface area contributed by atoms with Crippen molar-refractivity contribution in [3.63, 3.8) is 0 Å². The lowest BCUT2D eigenvalue weighted by atomic mass is 9.90. The molecule has 1 aliphatic rings. The highest BCUT2D eigenvalue weighted by molar-refractivity contribution is 9.10. The molecule has 1 atom stereocenters. The Morgan fingerprint density at radius 2 is 2.20 bits per heavy atom. The van der Waals surface area contributed by atoms with Gasteiger partial charge in [-0.25, -0.2) is 4.39 Å². The summed E-state index contributed by atoms with van der Waals surface area (Å²) in [4.78, 5) is 12.5. The molecule has 2 aromatic rings. The molecule has 3 nitrogen and oxygen atoms in total. The summed E-state index contributed by atoms with van der Waals surface area (Å²) in [5.74, 6) is 0.502. The van der Waals surface area contributed by atoms with Crippen molar-refractivity contribution in [2.75, 3.05) is 7.11 Å². The van der Waals surface area contributed by atoms with E-state index in [1.54, 1.807) is 18.2 Å². The molecule has 0 aliphatic heterocycles. The van der Waals surface area contributed by atoms with Crippen LogP contribution in [0.25, 0.3) is 17.0 Å². The zero-order valence-electron chi connectivity index (χ0n) is 11.0. The van der Waals surface area contributed by atoms with Crippen LogP contribution in [0.4, 0.5) is 4.39 Å².